The maximum atomic E-state index is 12.8. The third-order valence-corrected chi connectivity index (χ3v) is 6.20. The molecule has 2 amide bonds. The van der Waals surface area contributed by atoms with Crippen LogP contribution in [0.2, 0.25) is 0 Å². The molecular weight excluding hydrogens is 398 g/mol. The lowest BCUT2D eigenvalue weighted by atomic mass is 9.96. The second-order valence-electron chi connectivity index (χ2n) is 7.40. The minimum atomic E-state index is -0.230. The van der Waals surface area contributed by atoms with Gasteiger partial charge in [0.2, 0.25) is 0 Å². The number of benzene rings is 1. The van der Waals surface area contributed by atoms with E-state index in [9.17, 15) is 9.59 Å². The molecule has 7 nitrogen and oxygen atoms in total. The summed E-state index contributed by atoms with van der Waals surface area (Å²) < 4.78 is 0. The minimum Gasteiger partial charge on any atom is -0.337 e. The molecule has 0 aliphatic carbocycles. The summed E-state index contributed by atoms with van der Waals surface area (Å²) in [5.41, 5.74) is 4.29. The summed E-state index contributed by atoms with van der Waals surface area (Å²) >= 11 is 1.38. The fraction of sp³-hybridized carbons (Fsp3) is 0.318. The van der Waals surface area contributed by atoms with Gasteiger partial charge in [0, 0.05) is 30.9 Å². The zero-order valence-electron chi connectivity index (χ0n) is 17.0. The number of thiazole rings is 1. The van der Waals surface area contributed by atoms with E-state index in [2.05, 4.69) is 20.3 Å². The van der Waals surface area contributed by atoms with Crippen LogP contribution >= 0.6 is 11.3 Å². The molecule has 3 heterocycles. The van der Waals surface area contributed by atoms with E-state index in [1.807, 2.05) is 49.1 Å². The monoisotopic (exact) mass is 421 g/mol. The Balaban J connectivity index is 1.47. The Labute approximate surface area is 179 Å². The van der Waals surface area contributed by atoms with Gasteiger partial charge in [0.05, 0.1) is 22.5 Å². The number of amides is 2. The lowest BCUT2D eigenvalue weighted by molar-refractivity contribution is 0.0708. The number of anilines is 1. The number of hydrogen-bond acceptors (Lipinski definition) is 6. The number of aromatic nitrogens is 3. The number of carbonyl (C=O) groups excluding carboxylic acids is 2. The Morgan fingerprint density at radius 2 is 1.93 bits per heavy atom. The Kier molecular flexibility index (Phi) is 5.85. The molecule has 8 heteroatoms. The van der Waals surface area contributed by atoms with Crippen LogP contribution in [-0.2, 0) is 0 Å². The van der Waals surface area contributed by atoms with Gasteiger partial charge in [0.1, 0.15) is 10.7 Å². The highest BCUT2D eigenvalue weighted by molar-refractivity contribution is 7.11. The summed E-state index contributed by atoms with van der Waals surface area (Å²) in [6, 6.07) is 9.30. The normalized spacial score (nSPS) is 16.3. The van der Waals surface area contributed by atoms with Gasteiger partial charge in [0.15, 0.2) is 0 Å². The molecule has 1 saturated heterocycles. The fourth-order valence-corrected chi connectivity index (χ4v) is 4.42. The zero-order chi connectivity index (χ0) is 21.1. The summed E-state index contributed by atoms with van der Waals surface area (Å²) in [6.07, 6.45) is 3.40. The van der Waals surface area contributed by atoms with Crippen LogP contribution < -0.4 is 5.32 Å². The first kappa shape index (κ1) is 20.2. The van der Waals surface area contributed by atoms with Gasteiger partial charge in [-0.05, 0) is 38.8 Å². The Morgan fingerprint density at radius 3 is 2.63 bits per heavy atom. The highest BCUT2D eigenvalue weighted by atomic mass is 32.1. The largest absolute Gasteiger partial charge is 0.337 e. The van der Waals surface area contributed by atoms with E-state index in [1.165, 1.54) is 11.3 Å². The average molecular weight is 422 g/mol. The number of carbonyl (C=O) groups is 2. The van der Waals surface area contributed by atoms with Crippen LogP contribution in [0.4, 0.5) is 5.69 Å². The molecule has 0 bridgehead atoms. The second kappa shape index (κ2) is 8.71. The van der Waals surface area contributed by atoms with Gasteiger partial charge in [-0.3, -0.25) is 9.59 Å². The molecule has 0 saturated carbocycles. The lowest BCUT2D eigenvalue weighted by Gasteiger charge is -2.32. The van der Waals surface area contributed by atoms with Gasteiger partial charge < -0.3 is 10.2 Å². The van der Waals surface area contributed by atoms with Crippen LogP contribution in [0.25, 0.3) is 0 Å². The summed E-state index contributed by atoms with van der Waals surface area (Å²) in [7, 11) is 0. The molecule has 1 aromatic carbocycles. The van der Waals surface area contributed by atoms with Crippen molar-refractivity contribution in [2.45, 2.75) is 32.6 Å². The standard InChI is InChI=1S/C22H23N5O2S/c1-14-18(21(28)26-17-8-4-3-5-9-17)11-23-20(25-14)16-7-6-10-27(12-16)22(29)19-15(2)24-13-30-19/h3-5,8-9,11,13,16H,6-7,10,12H2,1-2H3,(H,26,28)/t16-/m0/s1. The van der Waals surface area contributed by atoms with Crippen molar-refractivity contribution in [2.75, 3.05) is 18.4 Å². The topological polar surface area (TPSA) is 88.1 Å². The van der Waals surface area contributed by atoms with Crippen LogP contribution in [0.1, 0.15) is 56.0 Å². The Hall–Kier alpha value is -3.13. The Morgan fingerprint density at radius 1 is 1.13 bits per heavy atom. The third kappa shape index (κ3) is 4.23. The number of piperidine rings is 1. The van der Waals surface area contributed by atoms with Gasteiger partial charge in [0.25, 0.3) is 11.8 Å². The summed E-state index contributed by atoms with van der Waals surface area (Å²) in [4.78, 5) is 41.3. The fourth-order valence-electron chi connectivity index (χ4n) is 3.65. The highest BCUT2D eigenvalue weighted by Crippen LogP contribution is 2.27. The number of aryl methyl sites for hydroxylation is 2. The molecule has 30 heavy (non-hydrogen) atoms. The van der Waals surface area contributed by atoms with E-state index in [-0.39, 0.29) is 17.7 Å². The number of hydrogen-bond donors (Lipinski definition) is 1. The second-order valence-corrected chi connectivity index (χ2v) is 8.26. The minimum absolute atomic E-state index is 0.0234. The van der Waals surface area contributed by atoms with E-state index in [1.54, 1.807) is 11.7 Å². The van der Waals surface area contributed by atoms with E-state index in [0.717, 1.165) is 30.8 Å². The molecule has 0 unspecified atom stereocenters. The highest BCUT2D eigenvalue weighted by Gasteiger charge is 2.29. The number of nitrogens with one attached hydrogen (secondary N) is 1. The quantitative estimate of drug-likeness (QED) is 0.692. The van der Waals surface area contributed by atoms with Crippen LogP contribution in [0.5, 0.6) is 0 Å². The van der Waals surface area contributed by atoms with Crippen molar-refractivity contribution in [2.24, 2.45) is 0 Å². The number of likely N-dealkylation sites (tertiary alicyclic amines) is 1. The molecule has 2 aromatic heterocycles. The molecular formula is C22H23N5O2S. The van der Waals surface area contributed by atoms with Crippen molar-refractivity contribution in [3.05, 3.63) is 69.7 Å². The molecule has 1 aliphatic rings. The van der Waals surface area contributed by atoms with Gasteiger partial charge in [-0.2, -0.15) is 0 Å². The number of para-hydroxylation sites is 1. The van der Waals surface area contributed by atoms with Gasteiger partial charge >= 0.3 is 0 Å². The van der Waals surface area contributed by atoms with Crippen molar-refractivity contribution in [1.29, 1.82) is 0 Å². The first-order chi connectivity index (χ1) is 14.5. The SMILES string of the molecule is Cc1nc([C@H]2CCCN(C(=O)c3scnc3C)C2)ncc1C(=O)Nc1ccccc1. The van der Waals surface area contributed by atoms with Crippen molar-refractivity contribution >= 4 is 28.8 Å². The maximum Gasteiger partial charge on any atom is 0.265 e. The molecule has 0 radical (unpaired) electrons. The lowest BCUT2D eigenvalue weighted by Crippen LogP contribution is -2.39. The van der Waals surface area contributed by atoms with E-state index in [0.29, 0.717) is 28.5 Å². The molecule has 154 valence electrons. The number of nitrogens with zero attached hydrogens (tertiary/aromatic N) is 4. The van der Waals surface area contributed by atoms with Crippen molar-refractivity contribution in [3.8, 4) is 0 Å². The van der Waals surface area contributed by atoms with Crippen LogP contribution in [0, 0.1) is 13.8 Å². The molecule has 1 fully saturated rings. The van der Waals surface area contributed by atoms with Crippen molar-refractivity contribution in [1.82, 2.24) is 19.9 Å². The predicted molar refractivity (Wildman–Crippen MR) is 116 cm³/mol. The third-order valence-electron chi connectivity index (χ3n) is 5.29. The average Bonchev–Trinajstić information content (AvgIpc) is 3.19. The van der Waals surface area contributed by atoms with Gasteiger partial charge in [-0.25, -0.2) is 15.0 Å². The van der Waals surface area contributed by atoms with Crippen molar-refractivity contribution < 1.29 is 9.59 Å². The maximum absolute atomic E-state index is 12.8. The zero-order valence-corrected chi connectivity index (χ0v) is 17.8. The van der Waals surface area contributed by atoms with E-state index < -0.39 is 0 Å². The molecule has 4 rings (SSSR count). The first-order valence-corrected chi connectivity index (χ1v) is 10.8. The molecule has 1 aliphatic heterocycles. The molecule has 1 N–H and O–H groups in total. The Bertz CT molecular complexity index is 1070. The van der Waals surface area contributed by atoms with Crippen molar-refractivity contribution in [3.63, 3.8) is 0 Å². The molecule has 3 aromatic rings. The van der Waals surface area contributed by atoms with Crippen LogP contribution in [0.15, 0.2) is 42.0 Å². The summed E-state index contributed by atoms with van der Waals surface area (Å²) in [5, 5.41) is 2.86. The smallest absolute Gasteiger partial charge is 0.265 e. The molecule has 0 spiro atoms. The summed E-state index contributed by atoms with van der Waals surface area (Å²) in [5.74, 6) is 0.532. The molecule has 1 atom stereocenters. The summed E-state index contributed by atoms with van der Waals surface area (Å²) in [6.45, 7) is 4.97. The van der Waals surface area contributed by atoms with Crippen LogP contribution in [-0.4, -0.2) is 44.8 Å². The van der Waals surface area contributed by atoms with E-state index >= 15 is 0 Å². The van der Waals surface area contributed by atoms with Gasteiger partial charge in [-0.1, -0.05) is 18.2 Å². The first-order valence-electron chi connectivity index (χ1n) is 9.92. The number of rotatable bonds is 4. The predicted octanol–water partition coefficient (Wildman–Crippen LogP) is 3.82. The van der Waals surface area contributed by atoms with Gasteiger partial charge in [-0.15, -0.1) is 11.3 Å². The van der Waals surface area contributed by atoms with Crippen LogP contribution in [0.3, 0.4) is 0 Å². The van der Waals surface area contributed by atoms with E-state index in [4.69, 9.17) is 0 Å².